The molecule has 0 unspecified atom stereocenters. The van der Waals surface area contributed by atoms with Gasteiger partial charge in [0.2, 0.25) is 5.95 Å². The molecule has 5 rings (SSSR count). The Balaban J connectivity index is 1.33. The number of anilines is 1. The first-order chi connectivity index (χ1) is 17.0. The molecule has 0 bridgehead atoms. The van der Waals surface area contributed by atoms with Crippen molar-refractivity contribution in [3.8, 4) is 0 Å². The van der Waals surface area contributed by atoms with Gasteiger partial charge in [0.1, 0.15) is 0 Å². The number of rotatable bonds is 8. The van der Waals surface area contributed by atoms with Crippen molar-refractivity contribution in [1.29, 1.82) is 0 Å². The van der Waals surface area contributed by atoms with Crippen LogP contribution in [0.25, 0.3) is 11.2 Å². The highest BCUT2D eigenvalue weighted by Crippen LogP contribution is 2.24. The van der Waals surface area contributed by atoms with E-state index in [9.17, 15) is 9.59 Å². The van der Waals surface area contributed by atoms with Gasteiger partial charge in [-0.1, -0.05) is 42.1 Å². The van der Waals surface area contributed by atoms with Crippen LogP contribution in [0, 0.1) is 0 Å². The summed E-state index contributed by atoms with van der Waals surface area (Å²) in [5.41, 5.74) is 1.33. The van der Waals surface area contributed by atoms with E-state index in [4.69, 9.17) is 4.74 Å². The molecule has 0 saturated carbocycles. The lowest BCUT2D eigenvalue weighted by Gasteiger charge is -2.28. The van der Waals surface area contributed by atoms with E-state index in [2.05, 4.69) is 36.8 Å². The van der Waals surface area contributed by atoms with Crippen LogP contribution in [0.5, 0.6) is 0 Å². The minimum absolute atomic E-state index is 0.310. The number of benzene rings is 1. The summed E-state index contributed by atoms with van der Waals surface area (Å²) in [6.45, 7) is 3.89. The molecule has 1 aromatic carbocycles. The largest absolute Gasteiger partial charge is 0.378 e. The first-order valence-corrected chi connectivity index (χ1v) is 12.6. The Kier molecular flexibility index (Phi) is 6.73. The number of fused-ring (bicyclic) bond motifs is 1. The van der Waals surface area contributed by atoms with Gasteiger partial charge in [0.15, 0.2) is 16.3 Å². The Hall–Kier alpha value is -3.38. The van der Waals surface area contributed by atoms with Crippen LogP contribution in [0.3, 0.4) is 0 Å². The topological polar surface area (TPSA) is 105 Å². The molecule has 0 radical (unpaired) electrons. The molecule has 1 fully saturated rings. The molecule has 12 heteroatoms. The standard InChI is InChI=1S/C23H28N8O3S/c1-27-16-24-19-18(27)20(32)30(23(33)28(19)2)9-6-14-35-22-26-25-21(29-10-12-34-13-11-29)31(22)15-17-7-4-3-5-8-17/h3-5,7-8,16H,6,9-15H2,1-2H3. The summed E-state index contributed by atoms with van der Waals surface area (Å²) in [6, 6.07) is 10.2. The van der Waals surface area contributed by atoms with E-state index in [0.29, 0.717) is 49.6 Å². The average Bonchev–Trinajstić information content (AvgIpc) is 3.47. The third-order valence-electron chi connectivity index (χ3n) is 6.13. The van der Waals surface area contributed by atoms with E-state index in [0.717, 1.165) is 24.2 Å². The third kappa shape index (κ3) is 4.63. The summed E-state index contributed by atoms with van der Waals surface area (Å²) in [6.07, 6.45) is 2.19. The fourth-order valence-electron chi connectivity index (χ4n) is 4.27. The zero-order chi connectivity index (χ0) is 24.4. The van der Waals surface area contributed by atoms with Crippen LogP contribution in [0.1, 0.15) is 12.0 Å². The molecule has 184 valence electrons. The minimum Gasteiger partial charge on any atom is -0.378 e. The third-order valence-corrected chi connectivity index (χ3v) is 7.19. The van der Waals surface area contributed by atoms with Gasteiger partial charge < -0.3 is 14.2 Å². The lowest BCUT2D eigenvalue weighted by Crippen LogP contribution is -2.39. The first kappa shape index (κ1) is 23.4. The van der Waals surface area contributed by atoms with Crippen molar-refractivity contribution >= 4 is 28.9 Å². The van der Waals surface area contributed by atoms with Gasteiger partial charge in [-0.2, -0.15) is 0 Å². The molecule has 1 aliphatic rings. The van der Waals surface area contributed by atoms with Crippen LogP contribution in [-0.4, -0.2) is 65.5 Å². The molecule has 3 aromatic heterocycles. The maximum atomic E-state index is 12.9. The predicted molar refractivity (Wildman–Crippen MR) is 134 cm³/mol. The molecular formula is C23H28N8O3S. The first-order valence-electron chi connectivity index (χ1n) is 11.6. The predicted octanol–water partition coefficient (Wildman–Crippen LogP) is 1.09. The molecule has 4 heterocycles. The fourth-order valence-corrected chi connectivity index (χ4v) is 5.13. The van der Waals surface area contributed by atoms with Crippen LogP contribution in [0.15, 0.2) is 51.4 Å². The van der Waals surface area contributed by atoms with Crippen LogP contribution in [-0.2, 0) is 31.9 Å². The van der Waals surface area contributed by atoms with Crippen molar-refractivity contribution in [1.82, 2.24) is 33.4 Å². The number of ether oxygens (including phenoxy) is 1. The molecule has 0 atom stereocenters. The second-order valence-corrected chi connectivity index (χ2v) is 9.54. The Morgan fingerprint density at radius 2 is 1.80 bits per heavy atom. The maximum Gasteiger partial charge on any atom is 0.332 e. The van der Waals surface area contributed by atoms with Gasteiger partial charge >= 0.3 is 5.69 Å². The highest BCUT2D eigenvalue weighted by atomic mass is 32.2. The van der Waals surface area contributed by atoms with Gasteiger partial charge in [-0.05, 0) is 12.0 Å². The second kappa shape index (κ2) is 10.1. The van der Waals surface area contributed by atoms with Gasteiger partial charge in [-0.15, -0.1) is 10.2 Å². The number of imidazole rings is 1. The average molecular weight is 497 g/mol. The van der Waals surface area contributed by atoms with Gasteiger partial charge in [-0.3, -0.25) is 18.5 Å². The van der Waals surface area contributed by atoms with E-state index in [-0.39, 0.29) is 11.2 Å². The van der Waals surface area contributed by atoms with Gasteiger partial charge in [-0.25, -0.2) is 9.78 Å². The summed E-state index contributed by atoms with van der Waals surface area (Å²) in [7, 11) is 3.40. The van der Waals surface area contributed by atoms with E-state index >= 15 is 0 Å². The summed E-state index contributed by atoms with van der Waals surface area (Å²) < 4.78 is 12.0. The minimum atomic E-state index is -0.354. The Bertz CT molecular complexity index is 1430. The lowest BCUT2D eigenvalue weighted by molar-refractivity contribution is 0.121. The molecule has 4 aromatic rings. The molecule has 35 heavy (non-hydrogen) atoms. The van der Waals surface area contributed by atoms with E-state index < -0.39 is 0 Å². The molecule has 11 nitrogen and oxygen atoms in total. The second-order valence-electron chi connectivity index (χ2n) is 8.48. The van der Waals surface area contributed by atoms with Crippen molar-refractivity contribution in [3.63, 3.8) is 0 Å². The summed E-state index contributed by atoms with van der Waals surface area (Å²) in [5.74, 6) is 1.53. The van der Waals surface area contributed by atoms with Crippen LogP contribution in [0.2, 0.25) is 0 Å². The lowest BCUT2D eigenvalue weighted by atomic mass is 10.2. The Labute approximate surface area is 206 Å². The van der Waals surface area contributed by atoms with Crippen molar-refractivity contribution < 1.29 is 4.74 Å². The van der Waals surface area contributed by atoms with Crippen LogP contribution >= 0.6 is 11.8 Å². The summed E-state index contributed by atoms with van der Waals surface area (Å²) >= 11 is 1.58. The molecular weight excluding hydrogens is 468 g/mol. The van der Waals surface area contributed by atoms with Crippen LogP contribution < -0.4 is 16.1 Å². The quantitative estimate of drug-likeness (QED) is 0.264. The number of aryl methyl sites for hydroxylation is 2. The van der Waals surface area contributed by atoms with E-state index in [1.165, 1.54) is 14.7 Å². The number of aromatic nitrogens is 7. The smallest absolute Gasteiger partial charge is 0.332 e. The molecule has 1 saturated heterocycles. The highest BCUT2D eigenvalue weighted by molar-refractivity contribution is 7.99. The van der Waals surface area contributed by atoms with Gasteiger partial charge in [0, 0.05) is 39.5 Å². The van der Waals surface area contributed by atoms with Gasteiger partial charge in [0.25, 0.3) is 5.56 Å². The summed E-state index contributed by atoms with van der Waals surface area (Å²) in [4.78, 5) is 32.0. The number of thioether (sulfide) groups is 1. The van der Waals surface area contributed by atoms with Crippen molar-refractivity contribution in [3.05, 3.63) is 63.1 Å². The highest BCUT2D eigenvalue weighted by Gasteiger charge is 2.21. The number of nitrogens with zero attached hydrogens (tertiary/aromatic N) is 8. The van der Waals surface area contributed by atoms with Crippen molar-refractivity contribution in [2.24, 2.45) is 14.1 Å². The molecule has 0 N–H and O–H groups in total. The zero-order valence-corrected chi connectivity index (χ0v) is 20.6. The van der Waals surface area contributed by atoms with Gasteiger partial charge in [0.05, 0.1) is 26.1 Å². The van der Waals surface area contributed by atoms with E-state index in [1.54, 1.807) is 36.8 Å². The number of hydrogen-bond donors (Lipinski definition) is 0. The summed E-state index contributed by atoms with van der Waals surface area (Å²) in [5, 5.41) is 9.79. The monoisotopic (exact) mass is 496 g/mol. The van der Waals surface area contributed by atoms with Crippen molar-refractivity contribution in [2.45, 2.75) is 24.7 Å². The molecule has 0 amide bonds. The molecule has 0 aliphatic carbocycles. The SMILES string of the molecule is Cn1cnc2c1c(=O)n(CCCSc1nnc(N3CCOCC3)n1Cc1ccccc1)c(=O)n2C. The molecule has 0 spiro atoms. The van der Waals surface area contributed by atoms with E-state index in [1.807, 2.05) is 18.2 Å². The maximum absolute atomic E-state index is 12.9. The number of morpholine rings is 1. The fraction of sp³-hybridized carbons (Fsp3) is 0.435. The molecule has 1 aliphatic heterocycles. The normalized spacial score (nSPS) is 14.2. The van der Waals surface area contributed by atoms with Crippen molar-refractivity contribution in [2.75, 3.05) is 37.0 Å². The number of hydrogen-bond acceptors (Lipinski definition) is 8. The zero-order valence-electron chi connectivity index (χ0n) is 19.8. The van der Waals surface area contributed by atoms with Crippen LogP contribution in [0.4, 0.5) is 5.95 Å². The Morgan fingerprint density at radius 3 is 2.57 bits per heavy atom. The Morgan fingerprint density at radius 1 is 1.03 bits per heavy atom.